The Morgan fingerprint density at radius 1 is 1.40 bits per heavy atom. The first-order valence-electron chi connectivity index (χ1n) is 8.01. The molecule has 0 aliphatic heterocycles. The molecule has 0 saturated heterocycles. The average molecular weight is 295 g/mol. The minimum atomic E-state index is 0.212. The van der Waals surface area contributed by atoms with Crippen molar-refractivity contribution in [2.45, 2.75) is 77.5 Å². The number of nitrogens with zero attached hydrogens (tertiary/aromatic N) is 1. The Hall–Kier alpha value is -0.380. The second-order valence-corrected chi connectivity index (χ2v) is 7.89. The van der Waals surface area contributed by atoms with Gasteiger partial charge in [0.15, 0.2) is 0 Å². The molecule has 1 heterocycles. The third kappa shape index (κ3) is 5.19. The van der Waals surface area contributed by atoms with Gasteiger partial charge in [-0.1, -0.05) is 13.3 Å². The van der Waals surface area contributed by atoms with Crippen LogP contribution in [0.2, 0.25) is 0 Å². The maximum absolute atomic E-state index is 3.71. The first kappa shape index (κ1) is 16.0. The maximum atomic E-state index is 3.71. The summed E-state index contributed by atoms with van der Waals surface area (Å²) in [4.78, 5) is 2.75. The Labute approximate surface area is 128 Å². The fourth-order valence-electron chi connectivity index (χ4n) is 2.70. The van der Waals surface area contributed by atoms with Crippen LogP contribution in [0.3, 0.4) is 0 Å². The van der Waals surface area contributed by atoms with Gasteiger partial charge in [0.1, 0.15) is 0 Å². The molecule has 2 rings (SSSR count). The molecular weight excluding hydrogens is 264 g/mol. The number of nitrogens with one attached hydrogen (secondary N) is 1. The molecule has 0 aromatic carbocycles. The molecule has 1 fully saturated rings. The molecular formula is C17H30N2S. The molecule has 1 unspecified atom stereocenters. The average Bonchev–Trinajstić information content (AvgIpc) is 3.08. The number of hydrogen-bond donors (Lipinski definition) is 1. The van der Waals surface area contributed by atoms with Crippen LogP contribution in [0.5, 0.6) is 0 Å². The van der Waals surface area contributed by atoms with E-state index >= 15 is 0 Å². The van der Waals surface area contributed by atoms with E-state index in [-0.39, 0.29) is 5.54 Å². The van der Waals surface area contributed by atoms with E-state index in [1.807, 2.05) is 11.3 Å². The summed E-state index contributed by atoms with van der Waals surface area (Å²) in [6.07, 6.45) is 5.34. The van der Waals surface area contributed by atoms with Crippen molar-refractivity contribution in [2.75, 3.05) is 6.54 Å². The lowest BCUT2D eigenvalue weighted by molar-refractivity contribution is 0.155. The van der Waals surface area contributed by atoms with Crippen molar-refractivity contribution in [3.05, 3.63) is 22.4 Å². The van der Waals surface area contributed by atoms with Crippen LogP contribution in [0.1, 0.15) is 58.9 Å². The largest absolute Gasteiger partial charge is 0.311 e. The van der Waals surface area contributed by atoms with Gasteiger partial charge in [-0.05, 0) is 62.4 Å². The van der Waals surface area contributed by atoms with Gasteiger partial charge in [0.25, 0.3) is 0 Å². The predicted molar refractivity (Wildman–Crippen MR) is 89.3 cm³/mol. The SMILES string of the molecule is CCCC(CNC(C)(C)C)N(Cc1ccsc1)C1CC1. The third-order valence-electron chi connectivity index (χ3n) is 3.92. The molecule has 1 aliphatic carbocycles. The maximum Gasteiger partial charge on any atom is 0.0248 e. The second-order valence-electron chi connectivity index (χ2n) is 7.11. The van der Waals surface area contributed by atoms with Gasteiger partial charge in [-0.25, -0.2) is 0 Å². The highest BCUT2D eigenvalue weighted by atomic mass is 32.1. The summed E-state index contributed by atoms with van der Waals surface area (Å²) in [5.74, 6) is 0. The van der Waals surface area contributed by atoms with Gasteiger partial charge in [0, 0.05) is 30.7 Å². The van der Waals surface area contributed by atoms with Crippen LogP contribution in [0.15, 0.2) is 16.8 Å². The normalized spacial score (nSPS) is 17.6. The van der Waals surface area contributed by atoms with Gasteiger partial charge >= 0.3 is 0 Å². The Morgan fingerprint density at radius 2 is 2.15 bits per heavy atom. The Kier molecular flexibility index (Phi) is 5.65. The Morgan fingerprint density at radius 3 is 2.65 bits per heavy atom. The molecule has 3 heteroatoms. The van der Waals surface area contributed by atoms with Crippen molar-refractivity contribution in [2.24, 2.45) is 0 Å². The van der Waals surface area contributed by atoms with Crippen molar-refractivity contribution < 1.29 is 0 Å². The molecule has 1 saturated carbocycles. The molecule has 20 heavy (non-hydrogen) atoms. The lowest BCUT2D eigenvalue weighted by Gasteiger charge is -2.34. The summed E-state index contributed by atoms with van der Waals surface area (Å²) in [5.41, 5.74) is 1.70. The summed E-state index contributed by atoms with van der Waals surface area (Å²) >= 11 is 1.81. The van der Waals surface area contributed by atoms with E-state index < -0.39 is 0 Å². The van der Waals surface area contributed by atoms with Crippen LogP contribution < -0.4 is 5.32 Å². The minimum absolute atomic E-state index is 0.212. The zero-order valence-electron chi connectivity index (χ0n) is 13.5. The van der Waals surface area contributed by atoms with Crippen molar-refractivity contribution >= 4 is 11.3 Å². The summed E-state index contributed by atoms with van der Waals surface area (Å²) in [7, 11) is 0. The van der Waals surface area contributed by atoms with Crippen LogP contribution in [-0.4, -0.2) is 29.1 Å². The van der Waals surface area contributed by atoms with Gasteiger partial charge in [-0.2, -0.15) is 11.3 Å². The Balaban J connectivity index is 1.98. The van der Waals surface area contributed by atoms with Crippen LogP contribution in [0, 0.1) is 0 Å². The fraction of sp³-hybridized carbons (Fsp3) is 0.765. The summed E-state index contributed by atoms with van der Waals surface area (Å²) < 4.78 is 0. The third-order valence-corrected chi connectivity index (χ3v) is 4.65. The molecule has 1 N–H and O–H groups in total. The summed E-state index contributed by atoms with van der Waals surface area (Å²) in [6.45, 7) is 11.3. The monoisotopic (exact) mass is 294 g/mol. The van der Waals surface area contributed by atoms with E-state index in [4.69, 9.17) is 0 Å². The zero-order valence-corrected chi connectivity index (χ0v) is 14.3. The lowest BCUT2D eigenvalue weighted by Crippen LogP contribution is -2.48. The summed E-state index contributed by atoms with van der Waals surface area (Å²) in [6, 6.07) is 3.78. The molecule has 0 bridgehead atoms. The standard InChI is InChI=1S/C17H30N2S/c1-5-6-16(11-18-17(2,3)4)19(15-7-8-15)12-14-9-10-20-13-14/h9-10,13,15-16,18H,5-8,11-12H2,1-4H3. The number of hydrogen-bond acceptors (Lipinski definition) is 3. The van der Waals surface area contributed by atoms with Gasteiger partial charge in [0.2, 0.25) is 0 Å². The van der Waals surface area contributed by atoms with E-state index in [1.54, 1.807) is 0 Å². The van der Waals surface area contributed by atoms with Gasteiger partial charge < -0.3 is 5.32 Å². The lowest BCUT2D eigenvalue weighted by atomic mass is 10.1. The topological polar surface area (TPSA) is 15.3 Å². The molecule has 1 aromatic rings. The van der Waals surface area contributed by atoms with Crippen molar-refractivity contribution in [3.63, 3.8) is 0 Å². The highest BCUT2D eigenvalue weighted by Crippen LogP contribution is 2.31. The van der Waals surface area contributed by atoms with Crippen molar-refractivity contribution in [3.8, 4) is 0 Å². The number of thiophene rings is 1. The second kappa shape index (κ2) is 7.06. The smallest absolute Gasteiger partial charge is 0.0248 e. The summed E-state index contributed by atoms with van der Waals surface area (Å²) in [5, 5.41) is 8.21. The Bertz CT molecular complexity index is 376. The van der Waals surface area contributed by atoms with E-state index in [0.29, 0.717) is 6.04 Å². The molecule has 0 spiro atoms. The molecule has 1 aromatic heterocycles. The van der Waals surface area contributed by atoms with E-state index in [9.17, 15) is 0 Å². The van der Waals surface area contributed by atoms with Crippen LogP contribution in [-0.2, 0) is 6.54 Å². The van der Waals surface area contributed by atoms with Crippen LogP contribution >= 0.6 is 11.3 Å². The highest BCUT2D eigenvalue weighted by molar-refractivity contribution is 7.07. The first-order chi connectivity index (χ1) is 9.49. The molecule has 1 aliphatic rings. The van der Waals surface area contributed by atoms with Crippen LogP contribution in [0.25, 0.3) is 0 Å². The van der Waals surface area contributed by atoms with E-state index in [1.165, 1.54) is 31.2 Å². The van der Waals surface area contributed by atoms with Crippen molar-refractivity contribution in [1.29, 1.82) is 0 Å². The number of rotatable bonds is 8. The molecule has 0 amide bonds. The zero-order chi connectivity index (χ0) is 14.6. The van der Waals surface area contributed by atoms with E-state index in [2.05, 4.69) is 54.7 Å². The molecule has 1 atom stereocenters. The fourth-order valence-corrected chi connectivity index (χ4v) is 3.36. The first-order valence-corrected chi connectivity index (χ1v) is 8.95. The highest BCUT2D eigenvalue weighted by Gasteiger charge is 2.33. The molecule has 2 nitrogen and oxygen atoms in total. The van der Waals surface area contributed by atoms with E-state index in [0.717, 1.165) is 19.1 Å². The van der Waals surface area contributed by atoms with Gasteiger partial charge in [-0.3, -0.25) is 4.90 Å². The van der Waals surface area contributed by atoms with Gasteiger partial charge in [-0.15, -0.1) is 0 Å². The predicted octanol–water partition coefficient (Wildman–Crippen LogP) is 4.27. The quantitative estimate of drug-likeness (QED) is 0.770. The van der Waals surface area contributed by atoms with Crippen molar-refractivity contribution in [1.82, 2.24) is 10.2 Å². The minimum Gasteiger partial charge on any atom is -0.311 e. The molecule has 0 radical (unpaired) electrons. The van der Waals surface area contributed by atoms with Gasteiger partial charge in [0.05, 0.1) is 0 Å². The molecule has 114 valence electrons. The van der Waals surface area contributed by atoms with Crippen LogP contribution in [0.4, 0.5) is 0 Å².